The van der Waals surface area contributed by atoms with Crippen LogP contribution in [0.25, 0.3) is 0 Å². The number of nitro groups is 1. The fourth-order valence-corrected chi connectivity index (χ4v) is 1.27. The van der Waals surface area contributed by atoms with Crippen molar-refractivity contribution in [2.45, 2.75) is 0 Å². The fourth-order valence-electron chi connectivity index (χ4n) is 0.783. The number of nitrogen functional groups attached to an aromatic ring is 2. The van der Waals surface area contributed by atoms with E-state index in [2.05, 4.69) is 15.9 Å². The first-order valence-electron chi connectivity index (χ1n) is 3.02. The van der Waals surface area contributed by atoms with Crippen LogP contribution in [0.2, 0.25) is 0 Å². The lowest BCUT2D eigenvalue weighted by Crippen LogP contribution is -2.00. The number of nitrogens with zero attached hydrogens (tertiary/aromatic N) is 1. The Morgan fingerprint density at radius 3 is 2.42 bits per heavy atom. The van der Waals surface area contributed by atoms with Gasteiger partial charge in [-0.15, -0.1) is 0 Å². The van der Waals surface area contributed by atoms with E-state index in [0.29, 0.717) is 4.47 Å². The third-order valence-corrected chi connectivity index (χ3v) is 2.02. The summed E-state index contributed by atoms with van der Waals surface area (Å²) in [5, 5.41) is 10.4. The lowest BCUT2D eigenvalue weighted by atomic mass is 10.2. The first-order chi connectivity index (χ1) is 5.54. The Labute approximate surface area is 76.6 Å². The Morgan fingerprint density at radius 1 is 1.42 bits per heavy atom. The van der Waals surface area contributed by atoms with E-state index in [1.165, 1.54) is 12.1 Å². The molecule has 0 saturated heterocycles. The Kier molecular flexibility index (Phi) is 2.18. The number of nitrogens with two attached hydrogens (primary N) is 2. The zero-order valence-corrected chi connectivity index (χ0v) is 7.54. The van der Waals surface area contributed by atoms with E-state index in [-0.39, 0.29) is 17.1 Å². The molecule has 5 nitrogen and oxygen atoms in total. The maximum absolute atomic E-state index is 10.4. The second-order valence-corrected chi connectivity index (χ2v) is 3.01. The van der Waals surface area contributed by atoms with Gasteiger partial charge in [-0.3, -0.25) is 10.1 Å². The molecule has 0 radical (unpaired) electrons. The molecule has 0 fully saturated rings. The molecule has 64 valence electrons. The van der Waals surface area contributed by atoms with Crippen LogP contribution in [0.3, 0.4) is 0 Å². The molecule has 6 heteroatoms. The molecule has 0 aliphatic carbocycles. The molecule has 0 atom stereocenters. The number of rotatable bonds is 1. The smallest absolute Gasteiger partial charge is 0.308 e. The van der Waals surface area contributed by atoms with Gasteiger partial charge in [0.05, 0.1) is 15.1 Å². The van der Waals surface area contributed by atoms with Crippen LogP contribution in [0.15, 0.2) is 16.6 Å². The van der Waals surface area contributed by atoms with Crippen molar-refractivity contribution in [3.63, 3.8) is 0 Å². The zero-order valence-electron chi connectivity index (χ0n) is 5.95. The van der Waals surface area contributed by atoms with Crippen LogP contribution in [0.1, 0.15) is 0 Å². The van der Waals surface area contributed by atoms with Gasteiger partial charge >= 0.3 is 5.69 Å². The Bertz CT molecular complexity index is 340. The number of anilines is 2. The molecule has 0 aliphatic rings. The molecule has 0 heterocycles. The monoisotopic (exact) mass is 231 g/mol. The summed E-state index contributed by atoms with van der Waals surface area (Å²) in [6, 6.07) is 3.00. The van der Waals surface area contributed by atoms with Gasteiger partial charge in [0.15, 0.2) is 0 Å². The van der Waals surface area contributed by atoms with Crippen LogP contribution in [0.4, 0.5) is 17.1 Å². The minimum Gasteiger partial charge on any atom is -0.397 e. The molecule has 0 amide bonds. The summed E-state index contributed by atoms with van der Waals surface area (Å²) in [4.78, 5) is 9.86. The van der Waals surface area contributed by atoms with Gasteiger partial charge in [0.2, 0.25) is 0 Å². The maximum Gasteiger partial charge on any atom is 0.308 e. The van der Waals surface area contributed by atoms with Gasteiger partial charge in [-0.25, -0.2) is 0 Å². The topological polar surface area (TPSA) is 95.2 Å². The van der Waals surface area contributed by atoms with E-state index >= 15 is 0 Å². The average Bonchev–Trinajstić information content (AvgIpc) is 1.97. The standard InChI is InChI=1S/C6H6BrN3O2/c7-3-1-2-4(8)5(9)6(3)10(11)12/h1-2H,8-9H2. The largest absolute Gasteiger partial charge is 0.397 e. The lowest BCUT2D eigenvalue weighted by molar-refractivity contribution is -0.384. The SMILES string of the molecule is Nc1ccc(Br)c([N+](=O)[O-])c1N. The summed E-state index contributed by atoms with van der Waals surface area (Å²) in [5.41, 5.74) is 10.8. The van der Waals surface area contributed by atoms with Gasteiger partial charge in [0.25, 0.3) is 0 Å². The molecule has 0 bridgehead atoms. The third kappa shape index (κ3) is 1.33. The van der Waals surface area contributed by atoms with Crippen molar-refractivity contribution in [3.8, 4) is 0 Å². The van der Waals surface area contributed by atoms with Crippen LogP contribution in [0, 0.1) is 10.1 Å². The van der Waals surface area contributed by atoms with E-state index in [4.69, 9.17) is 11.5 Å². The first-order valence-corrected chi connectivity index (χ1v) is 3.81. The molecule has 1 rings (SSSR count). The van der Waals surface area contributed by atoms with Crippen LogP contribution < -0.4 is 11.5 Å². The van der Waals surface area contributed by atoms with Gasteiger partial charge in [-0.05, 0) is 28.1 Å². The van der Waals surface area contributed by atoms with Crippen molar-refractivity contribution in [1.82, 2.24) is 0 Å². The van der Waals surface area contributed by atoms with E-state index in [1.54, 1.807) is 0 Å². The van der Waals surface area contributed by atoms with Gasteiger partial charge in [-0.1, -0.05) is 0 Å². The summed E-state index contributed by atoms with van der Waals surface area (Å²) in [6.45, 7) is 0. The highest BCUT2D eigenvalue weighted by molar-refractivity contribution is 9.10. The number of benzene rings is 1. The number of hydrogen-bond acceptors (Lipinski definition) is 4. The van der Waals surface area contributed by atoms with Crippen molar-refractivity contribution < 1.29 is 4.92 Å². The second-order valence-electron chi connectivity index (χ2n) is 2.16. The first kappa shape index (κ1) is 8.79. The third-order valence-electron chi connectivity index (χ3n) is 1.38. The number of halogens is 1. The predicted molar refractivity (Wildman–Crippen MR) is 49.6 cm³/mol. The highest BCUT2D eigenvalue weighted by Gasteiger charge is 2.17. The van der Waals surface area contributed by atoms with Gasteiger partial charge in [0.1, 0.15) is 5.69 Å². The average molecular weight is 232 g/mol. The summed E-state index contributed by atoms with van der Waals surface area (Å²) in [5.74, 6) is 0. The lowest BCUT2D eigenvalue weighted by Gasteiger charge is -2.01. The highest BCUT2D eigenvalue weighted by Crippen LogP contribution is 2.34. The highest BCUT2D eigenvalue weighted by atomic mass is 79.9. The molecule has 0 saturated carbocycles. The molecule has 4 N–H and O–H groups in total. The van der Waals surface area contributed by atoms with Crippen molar-refractivity contribution in [2.75, 3.05) is 11.5 Å². The fraction of sp³-hybridized carbons (Fsp3) is 0. The second kappa shape index (κ2) is 2.98. The molecule has 0 unspecified atom stereocenters. The van der Waals surface area contributed by atoms with E-state index in [9.17, 15) is 10.1 Å². The summed E-state index contributed by atoms with van der Waals surface area (Å²) < 4.78 is 0.333. The van der Waals surface area contributed by atoms with Gasteiger partial charge in [-0.2, -0.15) is 0 Å². The Morgan fingerprint density at radius 2 is 2.00 bits per heavy atom. The van der Waals surface area contributed by atoms with Crippen LogP contribution in [0.5, 0.6) is 0 Å². The maximum atomic E-state index is 10.4. The van der Waals surface area contributed by atoms with E-state index in [1.807, 2.05) is 0 Å². The summed E-state index contributed by atoms with van der Waals surface area (Å²) in [7, 11) is 0. The van der Waals surface area contributed by atoms with Crippen molar-refractivity contribution in [3.05, 3.63) is 26.7 Å². The van der Waals surface area contributed by atoms with Crippen LogP contribution in [-0.2, 0) is 0 Å². The van der Waals surface area contributed by atoms with E-state index in [0.717, 1.165) is 0 Å². The quantitative estimate of drug-likeness (QED) is 0.435. The number of nitro benzene ring substituents is 1. The Balaban J connectivity index is 3.43. The van der Waals surface area contributed by atoms with Crippen molar-refractivity contribution in [1.29, 1.82) is 0 Å². The van der Waals surface area contributed by atoms with Gasteiger partial charge < -0.3 is 11.5 Å². The minimum atomic E-state index is -0.574. The molecule has 1 aromatic rings. The van der Waals surface area contributed by atoms with Crippen LogP contribution in [-0.4, -0.2) is 4.92 Å². The summed E-state index contributed by atoms with van der Waals surface area (Å²) in [6.07, 6.45) is 0. The zero-order chi connectivity index (χ0) is 9.30. The van der Waals surface area contributed by atoms with Crippen LogP contribution >= 0.6 is 15.9 Å². The van der Waals surface area contributed by atoms with Crippen molar-refractivity contribution in [2.24, 2.45) is 0 Å². The normalized spacial score (nSPS) is 9.75. The molecule has 12 heavy (non-hydrogen) atoms. The van der Waals surface area contributed by atoms with E-state index < -0.39 is 4.92 Å². The summed E-state index contributed by atoms with van der Waals surface area (Å²) >= 11 is 3.00. The molecule has 0 aliphatic heterocycles. The van der Waals surface area contributed by atoms with Gasteiger partial charge in [0, 0.05) is 0 Å². The molecule has 0 aromatic heterocycles. The molecule has 0 spiro atoms. The molecular weight excluding hydrogens is 226 g/mol. The predicted octanol–water partition coefficient (Wildman–Crippen LogP) is 1.52. The minimum absolute atomic E-state index is 0.00521. The molecule has 1 aromatic carbocycles. The van der Waals surface area contributed by atoms with Crippen molar-refractivity contribution >= 4 is 33.0 Å². The molecular formula is C6H6BrN3O2. The number of hydrogen-bond donors (Lipinski definition) is 2. The Hall–Kier alpha value is -1.30.